The highest BCUT2D eigenvalue weighted by Gasteiger charge is 2.38. The van der Waals surface area contributed by atoms with Gasteiger partial charge in [-0.1, -0.05) is 12.3 Å². The van der Waals surface area contributed by atoms with Crippen LogP contribution in [-0.2, 0) is 10.2 Å². The van der Waals surface area contributed by atoms with Crippen molar-refractivity contribution in [1.82, 2.24) is 13.9 Å². The van der Waals surface area contributed by atoms with E-state index in [0.29, 0.717) is 25.6 Å². The maximum atomic E-state index is 12.9. The first-order valence-corrected chi connectivity index (χ1v) is 8.84. The zero-order valence-corrected chi connectivity index (χ0v) is 13.0. The van der Waals surface area contributed by atoms with Gasteiger partial charge >= 0.3 is 0 Å². The minimum Gasteiger partial charge on any atom is -0.318 e. The molecule has 5 nitrogen and oxygen atoms in total. The monoisotopic (exact) mass is 299 g/mol. The van der Waals surface area contributed by atoms with Crippen LogP contribution in [0.5, 0.6) is 0 Å². The Morgan fingerprint density at radius 1 is 1.35 bits per heavy atom. The van der Waals surface area contributed by atoms with Crippen LogP contribution in [0.15, 0.2) is 0 Å². The average molecular weight is 299 g/mol. The second-order valence-corrected chi connectivity index (χ2v) is 7.65. The van der Waals surface area contributed by atoms with Gasteiger partial charge in [0, 0.05) is 25.7 Å². The quantitative estimate of drug-likeness (QED) is 0.702. The molecule has 20 heavy (non-hydrogen) atoms. The molecule has 1 N–H and O–H groups in total. The Morgan fingerprint density at radius 2 is 2.10 bits per heavy atom. The molecule has 0 bridgehead atoms. The molecule has 1 saturated heterocycles. The molecule has 2 rings (SSSR count). The summed E-state index contributed by atoms with van der Waals surface area (Å²) in [6.45, 7) is 2.07. The van der Waals surface area contributed by atoms with Crippen molar-refractivity contribution < 1.29 is 8.42 Å². The van der Waals surface area contributed by atoms with Gasteiger partial charge in [0.05, 0.1) is 6.54 Å². The molecule has 2 fully saturated rings. The van der Waals surface area contributed by atoms with E-state index in [1.54, 1.807) is 4.31 Å². The van der Waals surface area contributed by atoms with Crippen LogP contribution in [0.4, 0.5) is 0 Å². The SMILES string of the molecule is C#CCN(CC1CC1)S(=O)(=O)N1CCCCC1CNC. The van der Waals surface area contributed by atoms with Crippen LogP contribution in [0.2, 0.25) is 0 Å². The Hall–Kier alpha value is -0.610. The zero-order valence-electron chi connectivity index (χ0n) is 12.2. The van der Waals surface area contributed by atoms with E-state index in [1.807, 2.05) is 7.05 Å². The van der Waals surface area contributed by atoms with Crippen LogP contribution in [0.1, 0.15) is 32.1 Å². The first-order chi connectivity index (χ1) is 9.59. The summed E-state index contributed by atoms with van der Waals surface area (Å²) >= 11 is 0. The topological polar surface area (TPSA) is 52.7 Å². The van der Waals surface area contributed by atoms with E-state index >= 15 is 0 Å². The van der Waals surface area contributed by atoms with Crippen LogP contribution < -0.4 is 5.32 Å². The first-order valence-electron chi connectivity index (χ1n) is 7.44. The molecule has 0 aromatic carbocycles. The molecule has 2 aliphatic rings. The molecule has 0 spiro atoms. The Labute approximate surface area is 122 Å². The molecule has 0 aromatic rings. The normalized spacial score (nSPS) is 24.8. The van der Waals surface area contributed by atoms with E-state index in [-0.39, 0.29) is 12.6 Å². The lowest BCUT2D eigenvalue weighted by Crippen LogP contribution is -2.53. The number of nitrogens with zero attached hydrogens (tertiary/aromatic N) is 2. The van der Waals surface area contributed by atoms with Crippen molar-refractivity contribution >= 4 is 10.2 Å². The summed E-state index contributed by atoms with van der Waals surface area (Å²) < 4.78 is 28.9. The van der Waals surface area contributed by atoms with E-state index in [2.05, 4.69) is 11.2 Å². The molecule has 0 amide bonds. The summed E-state index contributed by atoms with van der Waals surface area (Å²) in [6.07, 6.45) is 10.6. The first kappa shape index (κ1) is 15.8. The Bertz CT molecular complexity index is 452. The third kappa shape index (κ3) is 3.73. The van der Waals surface area contributed by atoms with Gasteiger partial charge in [-0.05, 0) is 38.6 Å². The molecule has 6 heteroatoms. The van der Waals surface area contributed by atoms with Crippen LogP contribution in [0.25, 0.3) is 0 Å². The third-order valence-electron chi connectivity index (χ3n) is 4.06. The molecular formula is C14H25N3O2S. The third-order valence-corrected chi connectivity index (χ3v) is 6.07. The van der Waals surface area contributed by atoms with E-state index < -0.39 is 10.2 Å². The molecule has 114 valence electrons. The minimum atomic E-state index is -3.43. The van der Waals surface area contributed by atoms with Gasteiger partial charge in [-0.25, -0.2) is 0 Å². The molecule has 0 radical (unpaired) electrons. The smallest absolute Gasteiger partial charge is 0.283 e. The van der Waals surface area contributed by atoms with Crippen molar-refractivity contribution in [3.8, 4) is 12.3 Å². The fourth-order valence-electron chi connectivity index (χ4n) is 2.80. The Balaban J connectivity index is 2.13. The van der Waals surface area contributed by atoms with Crippen molar-refractivity contribution in [1.29, 1.82) is 0 Å². The van der Waals surface area contributed by atoms with Gasteiger partial charge in [0.2, 0.25) is 0 Å². The summed E-state index contributed by atoms with van der Waals surface area (Å²) in [5.74, 6) is 3.00. The predicted octanol–water partition coefficient (Wildman–Crippen LogP) is 0.650. The van der Waals surface area contributed by atoms with Crippen LogP contribution in [-0.4, -0.2) is 56.3 Å². The van der Waals surface area contributed by atoms with Crippen molar-refractivity contribution in [2.45, 2.75) is 38.1 Å². The van der Waals surface area contributed by atoms with Gasteiger partial charge in [0.1, 0.15) is 0 Å². The van der Waals surface area contributed by atoms with Gasteiger partial charge in [-0.2, -0.15) is 17.0 Å². The van der Waals surface area contributed by atoms with Crippen molar-refractivity contribution in [2.24, 2.45) is 5.92 Å². The summed E-state index contributed by atoms with van der Waals surface area (Å²) in [5, 5.41) is 3.10. The highest BCUT2D eigenvalue weighted by molar-refractivity contribution is 7.86. The van der Waals surface area contributed by atoms with Crippen molar-refractivity contribution in [3.63, 3.8) is 0 Å². The number of hydrogen-bond donors (Lipinski definition) is 1. The number of piperidine rings is 1. The second kappa shape index (κ2) is 6.90. The van der Waals surface area contributed by atoms with Crippen LogP contribution in [0.3, 0.4) is 0 Å². The summed E-state index contributed by atoms with van der Waals surface area (Å²) in [5.41, 5.74) is 0. The lowest BCUT2D eigenvalue weighted by Gasteiger charge is -2.37. The summed E-state index contributed by atoms with van der Waals surface area (Å²) in [6, 6.07) is 0.0539. The van der Waals surface area contributed by atoms with Crippen molar-refractivity contribution in [3.05, 3.63) is 0 Å². The molecule has 0 aromatic heterocycles. The largest absolute Gasteiger partial charge is 0.318 e. The van der Waals surface area contributed by atoms with Gasteiger partial charge in [-0.15, -0.1) is 6.42 Å². The van der Waals surface area contributed by atoms with E-state index in [1.165, 1.54) is 4.31 Å². The molecule has 1 unspecified atom stereocenters. The molecule has 1 aliphatic carbocycles. The number of hydrogen-bond acceptors (Lipinski definition) is 3. The standard InChI is InChI=1S/C14H25N3O2S/c1-3-9-16(12-13-7-8-13)20(18,19)17-10-5-4-6-14(17)11-15-2/h1,13-15H,4-12H2,2H3. The van der Waals surface area contributed by atoms with E-state index in [0.717, 1.165) is 32.1 Å². The average Bonchev–Trinajstić information content (AvgIpc) is 3.23. The Morgan fingerprint density at radius 3 is 2.70 bits per heavy atom. The number of rotatable bonds is 7. The molecule has 1 heterocycles. The lowest BCUT2D eigenvalue weighted by atomic mass is 10.1. The number of likely N-dealkylation sites (N-methyl/N-ethyl adjacent to an activating group) is 1. The highest BCUT2D eigenvalue weighted by Crippen LogP contribution is 2.31. The minimum absolute atomic E-state index is 0.0539. The van der Waals surface area contributed by atoms with E-state index in [9.17, 15) is 8.42 Å². The predicted molar refractivity (Wildman–Crippen MR) is 80.3 cm³/mol. The highest BCUT2D eigenvalue weighted by atomic mass is 32.2. The number of nitrogens with one attached hydrogen (secondary N) is 1. The van der Waals surface area contributed by atoms with Gasteiger partial charge in [0.15, 0.2) is 0 Å². The maximum Gasteiger partial charge on any atom is 0.283 e. The van der Waals surface area contributed by atoms with Crippen LogP contribution >= 0.6 is 0 Å². The summed E-state index contributed by atoms with van der Waals surface area (Å²) in [7, 11) is -1.56. The molecule has 1 saturated carbocycles. The lowest BCUT2D eigenvalue weighted by molar-refractivity contribution is 0.230. The van der Waals surface area contributed by atoms with Gasteiger partial charge in [0.25, 0.3) is 10.2 Å². The second-order valence-electron chi connectivity index (χ2n) is 5.77. The summed E-state index contributed by atoms with van der Waals surface area (Å²) in [4.78, 5) is 0. The van der Waals surface area contributed by atoms with Crippen LogP contribution in [0, 0.1) is 18.3 Å². The Kier molecular flexibility index (Phi) is 5.44. The molecular weight excluding hydrogens is 274 g/mol. The van der Waals surface area contributed by atoms with Gasteiger partial charge in [-0.3, -0.25) is 0 Å². The maximum absolute atomic E-state index is 12.9. The van der Waals surface area contributed by atoms with Crippen molar-refractivity contribution in [2.75, 3.05) is 33.2 Å². The molecule has 1 atom stereocenters. The fourth-order valence-corrected chi connectivity index (χ4v) is 4.65. The van der Waals surface area contributed by atoms with Gasteiger partial charge < -0.3 is 5.32 Å². The fraction of sp³-hybridized carbons (Fsp3) is 0.857. The number of terminal acetylenes is 1. The van der Waals surface area contributed by atoms with E-state index in [4.69, 9.17) is 6.42 Å². The zero-order chi connectivity index (χ0) is 14.6. The molecule has 1 aliphatic heterocycles.